The van der Waals surface area contributed by atoms with Crippen molar-refractivity contribution < 1.29 is 14.6 Å². The SMILES string of the molecule is CCC(O)CN(Cc1ccccc1)C(=O)C1=C(C)OCCC1. The fourth-order valence-corrected chi connectivity index (χ4v) is 2.59. The van der Waals surface area contributed by atoms with Crippen LogP contribution >= 0.6 is 0 Å². The zero-order valence-corrected chi connectivity index (χ0v) is 13.4. The highest BCUT2D eigenvalue weighted by atomic mass is 16.5. The number of aliphatic hydroxyl groups excluding tert-OH is 1. The molecule has 0 bridgehead atoms. The van der Waals surface area contributed by atoms with Gasteiger partial charge in [-0.15, -0.1) is 0 Å². The van der Waals surface area contributed by atoms with E-state index in [-0.39, 0.29) is 5.91 Å². The molecule has 1 aromatic carbocycles. The number of allylic oxidation sites excluding steroid dienone is 1. The maximum Gasteiger partial charge on any atom is 0.253 e. The lowest BCUT2D eigenvalue weighted by atomic mass is 10.0. The number of rotatable bonds is 6. The molecule has 0 aliphatic carbocycles. The predicted molar refractivity (Wildman–Crippen MR) is 86.0 cm³/mol. The summed E-state index contributed by atoms with van der Waals surface area (Å²) in [7, 11) is 0. The molecular weight excluding hydrogens is 278 g/mol. The van der Waals surface area contributed by atoms with E-state index in [0.717, 1.165) is 29.7 Å². The summed E-state index contributed by atoms with van der Waals surface area (Å²) in [5, 5.41) is 9.98. The van der Waals surface area contributed by atoms with Crippen molar-refractivity contribution in [3.8, 4) is 0 Å². The van der Waals surface area contributed by atoms with Gasteiger partial charge in [0.05, 0.1) is 18.3 Å². The van der Waals surface area contributed by atoms with Gasteiger partial charge in [-0.3, -0.25) is 4.79 Å². The molecule has 4 nitrogen and oxygen atoms in total. The van der Waals surface area contributed by atoms with Crippen molar-refractivity contribution in [3.63, 3.8) is 0 Å². The van der Waals surface area contributed by atoms with Gasteiger partial charge >= 0.3 is 0 Å². The highest BCUT2D eigenvalue weighted by molar-refractivity contribution is 5.94. The average molecular weight is 303 g/mol. The molecule has 2 rings (SSSR count). The van der Waals surface area contributed by atoms with Crippen molar-refractivity contribution in [1.29, 1.82) is 0 Å². The van der Waals surface area contributed by atoms with Gasteiger partial charge in [-0.2, -0.15) is 0 Å². The Kier molecular flexibility index (Phi) is 6.01. The minimum absolute atomic E-state index is 0.0199. The van der Waals surface area contributed by atoms with E-state index in [1.54, 1.807) is 4.90 Å². The number of hydrogen-bond donors (Lipinski definition) is 1. The Labute approximate surface area is 132 Å². The number of aliphatic hydroxyl groups is 1. The van der Waals surface area contributed by atoms with Crippen molar-refractivity contribution in [2.24, 2.45) is 0 Å². The van der Waals surface area contributed by atoms with Crippen LogP contribution in [-0.2, 0) is 16.1 Å². The van der Waals surface area contributed by atoms with Gasteiger partial charge in [-0.1, -0.05) is 37.3 Å². The van der Waals surface area contributed by atoms with Gasteiger partial charge in [-0.05, 0) is 31.7 Å². The van der Waals surface area contributed by atoms with Gasteiger partial charge < -0.3 is 14.7 Å². The Morgan fingerprint density at radius 2 is 2.09 bits per heavy atom. The largest absolute Gasteiger partial charge is 0.498 e. The van der Waals surface area contributed by atoms with Crippen LogP contribution in [0.3, 0.4) is 0 Å². The standard InChI is InChI=1S/C18H25NO3/c1-3-16(20)13-19(12-15-8-5-4-6-9-15)18(21)17-10-7-11-22-14(17)2/h4-6,8-9,16,20H,3,7,10-13H2,1-2H3. The smallest absolute Gasteiger partial charge is 0.253 e. The molecule has 1 heterocycles. The zero-order valence-electron chi connectivity index (χ0n) is 13.4. The molecule has 1 atom stereocenters. The summed E-state index contributed by atoms with van der Waals surface area (Å²) in [6.07, 6.45) is 1.75. The number of amides is 1. The third-order valence-electron chi connectivity index (χ3n) is 3.98. The predicted octanol–water partition coefficient (Wildman–Crippen LogP) is 2.87. The van der Waals surface area contributed by atoms with Gasteiger partial charge in [0.2, 0.25) is 0 Å². The van der Waals surface area contributed by atoms with E-state index in [2.05, 4.69) is 0 Å². The normalized spacial score (nSPS) is 16.1. The van der Waals surface area contributed by atoms with Crippen LogP contribution in [0.15, 0.2) is 41.7 Å². The van der Waals surface area contributed by atoms with E-state index in [1.807, 2.05) is 44.2 Å². The van der Waals surface area contributed by atoms with Crippen LogP contribution in [0.5, 0.6) is 0 Å². The summed E-state index contributed by atoms with van der Waals surface area (Å²) in [5.41, 5.74) is 1.81. The molecule has 4 heteroatoms. The summed E-state index contributed by atoms with van der Waals surface area (Å²) >= 11 is 0. The summed E-state index contributed by atoms with van der Waals surface area (Å²) in [6, 6.07) is 9.87. The molecule has 0 spiro atoms. The molecule has 1 aliphatic rings. The topological polar surface area (TPSA) is 49.8 Å². The first-order valence-corrected chi connectivity index (χ1v) is 7.95. The van der Waals surface area contributed by atoms with Crippen LogP contribution in [0.4, 0.5) is 0 Å². The second-order valence-electron chi connectivity index (χ2n) is 5.72. The van der Waals surface area contributed by atoms with E-state index >= 15 is 0 Å². The molecule has 1 amide bonds. The highest BCUT2D eigenvalue weighted by Crippen LogP contribution is 2.22. The van der Waals surface area contributed by atoms with E-state index in [1.165, 1.54) is 0 Å². The van der Waals surface area contributed by atoms with Gasteiger partial charge in [0.15, 0.2) is 0 Å². The fourth-order valence-electron chi connectivity index (χ4n) is 2.59. The molecular formula is C18H25NO3. The molecule has 120 valence electrons. The maximum atomic E-state index is 12.8. The maximum absolute atomic E-state index is 12.8. The van der Waals surface area contributed by atoms with Gasteiger partial charge in [-0.25, -0.2) is 0 Å². The third kappa shape index (κ3) is 4.34. The lowest BCUT2D eigenvalue weighted by Gasteiger charge is -2.28. The number of ether oxygens (including phenoxy) is 1. The Morgan fingerprint density at radius 3 is 2.73 bits per heavy atom. The second kappa shape index (κ2) is 7.99. The van der Waals surface area contributed by atoms with Gasteiger partial charge in [0.1, 0.15) is 5.76 Å². The van der Waals surface area contributed by atoms with E-state index in [9.17, 15) is 9.90 Å². The third-order valence-corrected chi connectivity index (χ3v) is 3.98. The van der Waals surface area contributed by atoms with Crippen LogP contribution < -0.4 is 0 Å². The van der Waals surface area contributed by atoms with Crippen LogP contribution in [-0.4, -0.2) is 35.2 Å². The van der Waals surface area contributed by atoms with Crippen molar-refractivity contribution in [3.05, 3.63) is 47.2 Å². The molecule has 22 heavy (non-hydrogen) atoms. The molecule has 0 saturated carbocycles. The van der Waals surface area contributed by atoms with Crippen LogP contribution in [0.2, 0.25) is 0 Å². The molecule has 0 aromatic heterocycles. The lowest BCUT2D eigenvalue weighted by Crippen LogP contribution is -2.38. The van der Waals surface area contributed by atoms with Crippen LogP contribution in [0.1, 0.15) is 38.7 Å². The van der Waals surface area contributed by atoms with Crippen molar-refractivity contribution >= 4 is 5.91 Å². The molecule has 1 N–H and O–H groups in total. The van der Waals surface area contributed by atoms with Gasteiger partial charge in [0, 0.05) is 13.1 Å². The lowest BCUT2D eigenvalue weighted by molar-refractivity contribution is -0.130. The molecule has 0 fully saturated rings. The Balaban J connectivity index is 2.18. The average Bonchev–Trinajstić information content (AvgIpc) is 2.55. The van der Waals surface area contributed by atoms with Crippen molar-refractivity contribution in [1.82, 2.24) is 4.90 Å². The minimum atomic E-state index is -0.502. The van der Waals surface area contributed by atoms with Crippen molar-refractivity contribution in [2.45, 2.75) is 45.8 Å². The summed E-state index contributed by atoms with van der Waals surface area (Å²) in [5.74, 6) is 0.703. The molecule has 1 aliphatic heterocycles. The summed E-state index contributed by atoms with van der Waals surface area (Å²) < 4.78 is 5.51. The second-order valence-corrected chi connectivity index (χ2v) is 5.72. The Morgan fingerprint density at radius 1 is 1.36 bits per heavy atom. The Bertz CT molecular complexity index is 524. The van der Waals surface area contributed by atoms with E-state index < -0.39 is 6.10 Å². The van der Waals surface area contributed by atoms with E-state index in [0.29, 0.717) is 26.1 Å². The highest BCUT2D eigenvalue weighted by Gasteiger charge is 2.24. The van der Waals surface area contributed by atoms with Gasteiger partial charge in [0.25, 0.3) is 5.91 Å². The molecule has 0 radical (unpaired) electrons. The van der Waals surface area contributed by atoms with E-state index in [4.69, 9.17) is 4.74 Å². The number of carbonyl (C=O) groups excluding carboxylic acids is 1. The van der Waals surface area contributed by atoms with Crippen LogP contribution in [0, 0.1) is 0 Å². The quantitative estimate of drug-likeness (QED) is 0.879. The van der Waals surface area contributed by atoms with Crippen molar-refractivity contribution in [2.75, 3.05) is 13.2 Å². The number of nitrogens with zero attached hydrogens (tertiary/aromatic N) is 1. The minimum Gasteiger partial charge on any atom is -0.498 e. The number of benzene rings is 1. The Hall–Kier alpha value is -1.81. The summed E-state index contributed by atoms with van der Waals surface area (Å²) in [4.78, 5) is 14.6. The first-order chi connectivity index (χ1) is 10.6. The number of carbonyl (C=O) groups is 1. The summed E-state index contributed by atoms with van der Waals surface area (Å²) in [6.45, 7) is 5.31. The molecule has 1 unspecified atom stereocenters. The first-order valence-electron chi connectivity index (χ1n) is 7.95. The first kappa shape index (κ1) is 16.6. The van der Waals surface area contributed by atoms with Crippen LogP contribution in [0.25, 0.3) is 0 Å². The fraction of sp³-hybridized carbons (Fsp3) is 0.500. The molecule has 1 aromatic rings. The zero-order chi connectivity index (χ0) is 15.9. The number of hydrogen-bond acceptors (Lipinski definition) is 3. The monoisotopic (exact) mass is 303 g/mol. The molecule has 0 saturated heterocycles.